The van der Waals surface area contributed by atoms with Gasteiger partial charge in [-0.15, -0.1) is 15.0 Å². The number of carbonyl (C=O) groups excluding carboxylic acids is 1. The molecule has 0 aliphatic heterocycles. The highest BCUT2D eigenvalue weighted by Gasteiger charge is 2.12. The predicted molar refractivity (Wildman–Crippen MR) is 125 cm³/mol. The Balaban J connectivity index is 1.63. The number of aromatic nitrogens is 3. The van der Waals surface area contributed by atoms with E-state index in [1.54, 1.807) is 4.80 Å². The Hall–Kier alpha value is -3.32. The van der Waals surface area contributed by atoms with E-state index in [0.717, 1.165) is 38.7 Å². The Labute approximate surface area is 180 Å². The number of nitrogens with zero attached hydrogens (tertiary/aromatic N) is 3. The maximum absolute atomic E-state index is 12.0. The van der Waals surface area contributed by atoms with Gasteiger partial charge in [0, 0.05) is 17.5 Å². The minimum absolute atomic E-state index is 0.0943. The molecule has 0 aliphatic rings. The van der Waals surface area contributed by atoms with Crippen molar-refractivity contribution in [3.05, 3.63) is 60.2 Å². The van der Waals surface area contributed by atoms with E-state index < -0.39 is 0 Å². The van der Waals surface area contributed by atoms with Crippen molar-refractivity contribution in [3.8, 4) is 5.69 Å². The SMILES string of the molecule is Cc1cc2nn(-c3cccc4ccccc34)nc2cc1NC(=S)NC(=O)CC(C)C. The molecule has 0 saturated carbocycles. The first-order valence-electron chi connectivity index (χ1n) is 9.87. The molecule has 0 bridgehead atoms. The minimum atomic E-state index is -0.0943. The van der Waals surface area contributed by atoms with Crippen LogP contribution in [0.25, 0.3) is 27.5 Å². The van der Waals surface area contributed by atoms with Crippen molar-refractivity contribution in [1.29, 1.82) is 0 Å². The molecule has 0 unspecified atom stereocenters. The van der Waals surface area contributed by atoms with Gasteiger partial charge in [-0.05, 0) is 54.2 Å². The highest BCUT2D eigenvalue weighted by molar-refractivity contribution is 7.80. The second-order valence-electron chi connectivity index (χ2n) is 7.74. The fourth-order valence-electron chi connectivity index (χ4n) is 3.40. The lowest BCUT2D eigenvalue weighted by atomic mass is 10.1. The van der Waals surface area contributed by atoms with Crippen molar-refractivity contribution in [2.75, 3.05) is 5.32 Å². The predicted octanol–water partition coefficient (Wildman–Crippen LogP) is 4.74. The van der Waals surface area contributed by atoms with E-state index in [2.05, 4.69) is 39.0 Å². The Morgan fingerprint density at radius 2 is 1.77 bits per heavy atom. The van der Waals surface area contributed by atoms with Gasteiger partial charge in [-0.25, -0.2) is 0 Å². The lowest BCUT2D eigenvalue weighted by Gasteiger charge is -2.12. The summed E-state index contributed by atoms with van der Waals surface area (Å²) >= 11 is 5.30. The molecule has 6 nitrogen and oxygen atoms in total. The molecule has 0 atom stereocenters. The standard InChI is InChI=1S/C23H23N5OS/c1-14(2)11-22(29)25-23(30)24-18-13-20-19(12-15(18)3)26-28(27-20)21-10-6-8-16-7-4-5-9-17(16)21/h4-10,12-14H,11H2,1-3H3,(H2,24,25,29,30). The first kappa shape index (κ1) is 20.0. The van der Waals surface area contributed by atoms with Gasteiger partial charge in [-0.2, -0.15) is 0 Å². The first-order valence-corrected chi connectivity index (χ1v) is 10.3. The maximum Gasteiger partial charge on any atom is 0.226 e. The molecule has 3 aromatic carbocycles. The van der Waals surface area contributed by atoms with Gasteiger partial charge in [0.1, 0.15) is 11.0 Å². The van der Waals surface area contributed by atoms with Crippen molar-refractivity contribution >= 4 is 50.7 Å². The Morgan fingerprint density at radius 3 is 2.53 bits per heavy atom. The maximum atomic E-state index is 12.0. The van der Waals surface area contributed by atoms with Crippen LogP contribution < -0.4 is 10.6 Å². The lowest BCUT2D eigenvalue weighted by molar-refractivity contribution is -0.120. The van der Waals surface area contributed by atoms with Gasteiger partial charge in [0.05, 0.1) is 5.69 Å². The number of fused-ring (bicyclic) bond motifs is 2. The molecule has 0 spiro atoms. The molecule has 0 fully saturated rings. The molecule has 2 N–H and O–H groups in total. The average Bonchev–Trinajstić information content (AvgIpc) is 3.09. The zero-order chi connectivity index (χ0) is 21.3. The van der Waals surface area contributed by atoms with Crippen molar-refractivity contribution in [2.24, 2.45) is 5.92 Å². The van der Waals surface area contributed by atoms with Gasteiger partial charge in [0.15, 0.2) is 5.11 Å². The molecule has 1 heterocycles. The van der Waals surface area contributed by atoms with Gasteiger partial charge in [-0.1, -0.05) is 50.2 Å². The summed E-state index contributed by atoms with van der Waals surface area (Å²) in [6, 6.07) is 18.1. The smallest absolute Gasteiger partial charge is 0.226 e. The number of carbonyl (C=O) groups is 1. The third-order valence-electron chi connectivity index (χ3n) is 4.80. The molecule has 7 heteroatoms. The van der Waals surface area contributed by atoms with Crippen LogP contribution in [-0.4, -0.2) is 26.0 Å². The number of hydrogen-bond donors (Lipinski definition) is 2. The lowest BCUT2D eigenvalue weighted by Crippen LogP contribution is -2.34. The number of nitrogens with one attached hydrogen (secondary N) is 2. The van der Waals surface area contributed by atoms with Gasteiger partial charge in [-0.3, -0.25) is 4.79 Å². The van der Waals surface area contributed by atoms with Crippen LogP contribution >= 0.6 is 12.2 Å². The van der Waals surface area contributed by atoms with Crippen LogP contribution in [0.15, 0.2) is 54.6 Å². The van der Waals surface area contributed by atoms with Crippen LogP contribution in [0.4, 0.5) is 5.69 Å². The Morgan fingerprint density at radius 1 is 1.07 bits per heavy atom. The molecule has 4 aromatic rings. The van der Waals surface area contributed by atoms with E-state index in [4.69, 9.17) is 12.2 Å². The monoisotopic (exact) mass is 417 g/mol. The van der Waals surface area contributed by atoms with E-state index in [1.807, 2.05) is 57.2 Å². The molecule has 152 valence electrons. The molecular formula is C23H23N5OS. The molecule has 0 radical (unpaired) electrons. The van der Waals surface area contributed by atoms with Crippen LogP contribution in [0.3, 0.4) is 0 Å². The molecular weight excluding hydrogens is 394 g/mol. The second kappa shape index (κ2) is 8.20. The van der Waals surface area contributed by atoms with Gasteiger partial charge in [0.25, 0.3) is 0 Å². The minimum Gasteiger partial charge on any atom is -0.332 e. The van der Waals surface area contributed by atoms with Crippen molar-refractivity contribution in [1.82, 2.24) is 20.3 Å². The van der Waals surface area contributed by atoms with E-state index >= 15 is 0 Å². The summed E-state index contributed by atoms with van der Waals surface area (Å²) < 4.78 is 0. The fraction of sp³-hybridized carbons (Fsp3) is 0.217. The normalized spacial score (nSPS) is 11.2. The summed E-state index contributed by atoms with van der Waals surface area (Å²) in [5.74, 6) is 0.179. The molecule has 0 aliphatic carbocycles. The Kier molecular flexibility index (Phi) is 5.46. The van der Waals surface area contributed by atoms with Crippen LogP contribution in [0.5, 0.6) is 0 Å². The van der Waals surface area contributed by atoms with E-state index in [9.17, 15) is 4.79 Å². The molecule has 4 rings (SSSR count). The highest BCUT2D eigenvalue weighted by Crippen LogP contribution is 2.25. The van der Waals surface area contributed by atoms with Gasteiger partial charge in [0.2, 0.25) is 5.91 Å². The van der Waals surface area contributed by atoms with Gasteiger partial charge >= 0.3 is 0 Å². The summed E-state index contributed by atoms with van der Waals surface area (Å²) in [6.45, 7) is 5.96. The van der Waals surface area contributed by atoms with Crippen LogP contribution in [0.1, 0.15) is 25.8 Å². The van der Waals surface area contributed by atoms with Gasteiger partial charge < -0.3 is 10.6 Å². The van der Waals surface area contributed by atoms with Crippen LogP contribution in [0.2, 0.25) is 0 Å². The Bertz CT molecular complexity index is 1260. The number of aryl methyl sites for hydroxylation is 1. The highest BCUT2D eigenvalue weighted by atomic mass is 32.1. The quantitative estimate of drug-likeness (QED) is 0.469. The van der Waals surface area contributed by atoms with E-state index in [0.29, 0.717) is 6.42 Å². The molecule has 1 aromatic heterocycles. The van der Waals surface area contributed by atoms with Crippen LogP contribution in [-0.2, 0) is 4.79 Å². The largest absolute Gasteiger partial charge is 0.332 e. The topological polar surface area (TPSA) is 71.8 Å². The number of rotatable bonds is 4. The number of thiocarbonyl (C=S) groups is 1. The van der Waals surface area contributed by atoms with Crippen molar-refractivity contribution < 1.29 is 4.79 Å². The number of benzene rings is 3. The van der Waals surface area contributed by atoms with Crippen molar-refractivity contribution in [3.63, 3.8) is 0 Å². The summed E-state index contributed by atoms with van der Waals surface area (Å²) in [4.78, 5) is 13.6. The molecule has 1 amide bonds. The zero-order valence-corrected chi connectivity index (χ0v) is 18.0. The molecule has 30 heavy (non-hydrogen) atoms. The summed E-state index contributed by atoms with van der Waals surface area (Å²) in [5, 5.41) is 17.7. The fourth-order valence-corrected chi connectivity index (χ4v) is 3.62. The zero-order valence-electron chi connectivity index (χ0n) is 17.1. The number of hydrogen-bond acceptors (Lipinski definition) is 4. The third kappa shape index (κ3) is 4.16. The van der Waals surface area contributed by atoms with E-state index in [1.165, 1.54) is 0 Å². The average molecular weight is 418 g/mol. The third-order valence-corrected chi connectivity index (χ3v) is 5.01. The molecule has 0 saturated heterocycles. The summed E-state index contributed by atoms with van der Waals surface area (Å²) in [6.07, 6.45) is 0.430. The number of amides is 1. The van der Waals surface area contributed by atoms with Crippen LogP contribution in [0, 0.1) is 12.8 Å². The van der Waals surface area contributed by atoms with Crippen molar-refractivity contribution in [2.45, 2.75) is 27.2 Å². The summed E-state index contributed by atoms with van der Waals surface area (Å²) in [5.41, 5.74) is 4.22. The number of anilines is 1. The first-order chi connectivity index (χ1) is 14.4. The second-order valence-corrected chi connectivity index (χ2v) is 8.15. The summed E-state index contributed by atoms with van der Waals surface area (Å²) in [7, 11) is 0. The van der Waals surface area contributed by atoms with E-state index in [-0.39, 0.29) is 16.9 Å².